The Kier molecular flexibility index (Phi) is 13.6. The summed E-state index contributed by atoms with van der Waals surface area (Å²) in [7, 11) is 7.08. The Bertz CT molecular complexity index is 2370. The number of fused-ring (bicyclic) bond motifs is 6. The molecular formula is C49H68N8O6. The van der Waals surface area contributed by atoms with Crippen LogP contribution >= 0.6 is 0 Å². The Labute approximate surface area is 372 Å². The highest BCUT2D eigenvalue weighted by Crippen LogP contribution is 2.34. The third kappa shape index (κ3) is 10.1. The number of amides is 5. The number of nitrogens with zero attached hydrogens (tertiary/aromatic N) is 7. The summed E-state index contributed by atoms with van der Waals surface area (Å²) in [6, 6.07) is 11.8. The molecule has 2 fully saturated rings. The quantitative estimate of drug-likeness (QED) is 0.246. The van der Waals surface area contributed by atoms with Gasteiger partial charge in [0, 0.05) is 137 Å². The zero-order valence-electron chi connectivity index (χ0n) is 39.0. The van der Waals surface area contributed by atoms with Crippen LogP contribution in [-0.4, -0.2) is 136 Å². The zero-order chi connectivity index (χ0) is 45.3. The minimum absolute atomic E-state index is 0.00172. The number of hydrogen-bond donors (Lipinski definition) is 1. The summed E-state index contributed by atoms with van der Waals surface area (Å²) in [5.74, 6) is 1.61. The number of nitrogens with one attached hydrogen (secondary N) is 1. The summed E-state index contributed by atoms with van der Waals surface area (Å²) in [4.78, 5) is 73.0. The molecule has 0 radical (unpaired) electrons. The van der Waals surface area contributed by atoms with Crippen LogP contribution in [0.15, 0.2) is 36.4 Å². The SMILES string of the molecule is CC1CCN(C(=O)c2ccc3c(c2)c2c(n3CC(=O)N(C)C)CCN(C(=O)OC(C)(C)C)C2)CC1.CC1CCN(C(=O)c2ccc3c(c2)c2c(n3CC(=O)N(C)C)CCNC2)CC1. The van der Waals surface area contributed by atoms with E-state index < -0.39 is 5.60 Å². The predicted octanol–water partition coefficient (Wildman–Crippen LogP) is 6.14. The minimum Gasteiger partial charge on any atom is -0.444 e. The number of aromatic nitrogens is 2. The molecule has 2 saturated heterocycles. The van der Waals surface area contributed by atoms with Gasteiger partial charge in [-0.05, 0) is 100 Å². The van der Waals surface area contributed by atoms with Crippen molar-refractivity contribution >= 4 is 51.5 Å². The van der Waals surface area contributed by atoms with Gasteiger partial charge in [0.05, 0.1) is 6.54 Å². The van der Waals surface area contributed by atoms with Crippen LogP contribution in [0.3, 0.4) is 0 Å². The van der Waals surface area contributed by atoms with Crippen LogP contribution in [0.4, 0.5) is 4.79 Å². The van der Waals surface area contributed by atoms with Crippen molar-refractivity contribution in [3.05, 3.63) is 70.0 Å². The van der Waals surface area contributed by atoms with Crippen molar-refractivity contribution in [2.24, 2.45) is 11.8 Å². The van der Waals surface area contributed by atoms with E-state index in [2.05, 4.69) is 28.3 Å². The van der Waals surface area contributed by atoms with Gasteiger partial charge in [-0.2, -0.15) is 0 Å². The Morgan fingerprint density at radius 1 is 0.651 bits per heavy atom. The van der Waals surface area contributed by atoms with E-state index in [9.17, 15) is 24.0 Å². The van der Waals surface area contributed by atoms with Gasteiger partial charge in [0.15, 0.2) is 0 Å². The first-order valence-corrected chi connectivity index (χ1v) is 22.9. The molecule has 8 rings (SSSR count). The molecule has 14 heteroatoms. The largest absolute Gasteiger partial charge is 0.444 e. The first kappa shape index (κ1) is 45.6. The van der Waals surface area contributed by atoms with Crippen LogP contribution in [0.1, 0.15) is 104 Å². The van der Waals surface area contributed by atoms with Gasteiger partial charge >= 0.3 is 6.09 Å². The van der Waals surface area contributed by atoms with Crippen molar-refractivity contribution in [3.8, 4) is 0 Å². The minimum atomic E-state index is -0.574. The van der Waals surface area contributed by atoms with E-state index in [-0.39, 0.29) is 36.3 Å². The second-order valence-corrected chi connectivity index (χ2v) is 19.6. The van der Waals surface area contributed by atoms with Gasteiger partial charge < -0.3 is 43.7 Å². The molecule has 4 aromatic rings. The second kappa shape index (κ2) is 18.8. The smallest absolute Gasteiger partial charge is 0.410 e. The summed E-state index contributed by atoms with van der Waals surface area (Å²) in [5, 5.41) is 5.46. The molecule has 340 valence electrons. The number of benzene rings is 2. The molecule has 0 atom stereocenters. The van der Waals surface area contributed by atoms with E-state index in [4.69, 9.17) is 4.74 Å². The first-order valence-electron chi connectivity index (χ1n) is 22.9. The standard InChI is InChI=1S/C27H38N4O4.C22H30N4O2/c1-18-9-12-29(13-10-18)25(33)19-7-8-22-20(15-19)21-16-30(26(34)35-27(2,3)4)14-11-23(21)31(22)17-24(32)28(5)6;1-15-7-10-25(11-8-15)22(28)16-4-5-19-17(12-16)18-13-23-9-6-20(18)26(19)14-21(27)24(2)3/h7-8,15,18H,9-14,16-17H2,1-6H3;4-5,12,15,23H,6-11,13-14H2,1-3H3. The maximum atomic E-state index is 13.3. The average molecular weight is 865 g/mol. The maximum Gasteiger partial charge on any atom is 0.410 e. The number of piperidine rings is 2. The Hall–Kier alpha value is -5.37. The molecule has 2 aromatic carbocycles. The van der Waals surface area contributed by atoms with Crippen molar-refractivity contribution in [2.75, 3.05) is 67.5 Å². The molecule has 0 bridgehead atoms. The highest BCUT2D eigenvalue weighted by molar-refractivity contribution is 6.01. The number of likely N-dealkylation sites (tertiary alicyclic amines) is 2. The normalized spacial score (nSPS) is 17.2. The second-order valence-electron chi connectivity index (χ2n) is 19.6. The maximum absolute atomic E-state index is 13.3. The number of carbonyl (C=O) groups is 5. The van der Waals surface area contributed by atoms with E-state index in [1.54, 1.807) is 42.9 Å². The Morgan fingerprint density at radius 3 is 1.57 bits per heavy atom. The Balaban J connectivity index is 0.000000193. The molecule has 0 saturated carbocycles. The van der Waals surface area contributed by atoms with Gasteiger partial charge in [-0.15, -0.1) is 0 Å². The number of rotatable bonds is 6. The Morgan fingerprint density at radius 2 is 1.11 bits per heavy atom. The third-order valence-electron chi connectivity index (χ3n) is 13.3. The summed E-state index contributed by atoms with van der Waals surface area (Å²) >= 11 is 0. The lowest BCUT2D eigenvalue weighted by atomic mass is 9.98. The van der Waals surface area contributed by atoms with Gasteiger partial charge in [-0.3, -0.25) is 19.2 Å². The highest BCUT2D eigenvalue weighted by atomic mass is 16.6. The molecule has 63 heavy (non-hydrogen) atoms. The monoisotopic (exact) mass is 865 g/mol. The highest BCUT2D eigenvalue weighted by Gasteiger charge is 2.32. The predicted molar refractivity (Wildman–Crippen MR) is 246 cm³/mol. The molecular weight excluding hydrogens is 797 g/mol. The average Bonchev–Trinajstić information content (AvgIpc) is 3.73. The van der Waals surface area contributed by atoms with Crippen LogP contribution in [0.5, 0.6) is 0 Å². The molecule has 4 aliphatic heterocycles. The van der Waals surface area contributed by atoms with Gasteiger partial charge in [0.1, 0.15) is 18.7 Å². The lowest BCUT2D eigenvalue weighted by Crippen LogP contribution is -2.40. The summed E-state index contributed by atoms with van der Waals surface area (Å²) in [6.07, 6.45) is 5.39. The van der Waals surface area contributed by atoms with Crippen LogP contribution in [0.2, 0.25) is 0 Å². The van der Waals surface area contributed by atoms with Gasteiger partial charge in [0.25, 0.3) is 11.8 Å². The van der Waals surface area contributed by atoms with E-state index in [1.165, 1.54) is 11.3 Å². The van der Waals surface area contributed by atoms with Crippen molar-refractivity contribution in [3.63, 3.8) is 0 Å². The van der Waals surface area contributed by atoms with E-state index in [1.807, 2.05) is 67.0 Å². The van der Waals surface area contributed by atoms with Gasteiger partial charge in [0.2, 0.25) is 11.8 Å². The molecule has 1 N–H and O–H groups in total. The number of ether oxygens (including phenoxy) is 1. The van der Waals surface area contributed by atoms with Crippen molar-refractivity contribution in [1.29, 1.82) is 0 Å². The van der Waals surface area contributed by atoms with Crippen LogP contribution in [-0.2, 0) is 53.3 Å². The fraction of sp³-hybridized carbons (Fsp3) is 0.571. The molecule has 6 heterocycles. The van der Waals surface area contributed by atoms with E-state index in [0.717, 1.165) is 110 Å². The summed E-state index contributed by atoms with van der Waals surface area (Å²) in [5.41, 5.74) is 7.29. The molecule has 4 aliphatic rings. The topological polar surface area (TPSA) is 133 Å². The lowest BCUT2D eigenvalue weighted by Gasteiger charge is -2.31. The van der Waals surface area contributed by atoms with Crippen molar-refractivity contribution < 1.29 is 28.7 Å². The number of carbonyl (C=O) groups excluding carboxylic acids is 5. The molecule has 5 amide bonds. The van der Waals surface area contributed by atoms with Crippen molar-refractivity contribution in [1.82, 2.24) is 39.0 Å². The summed E-state index contributed by atoms with van der Waals surface area (Å²) < 4.78 is 9.81. The van der Waals surface area contributed by atoms with Crippen LogP contribution < -0.4 is 5.32 Å². The molecule has 2 aromatic heterocycles. The number of hydrogen-bond acceptors (Lipinski definition) is 7. The van der Waals surface area contributed by atoms with E-state index in [0.29, 0.717) is 43.5 Å². The lowest BCUT2D eigenvalue weighted by molar-refractivity contribution is -0.130. The van der Waals surface area contributed by atoms with Gasteiger partial charge in [-0.25, -0.2) is 4.79 Å². The zero-order valence-corrected chi connectivity index (χ0v) is 39.0. The van der Waals surface area contributed by atoms with Crippen molar-refractivity contribution in [2.45, 2.75) is 105 Å². The summed E-state index contributed by atoms with van der Waals surface area (Å²) in [6.45, 7) is 16.5. The molecule has 0 unspecified atom stereocenters. The fourth-order valence-electron chi connectivity index (χ4n) is 9.28. The first-order chi connectivity index (χ1) is 29.9. The third-order valence-corrected chi connectivity index (χ3v) is 13.3. The van der Waals surface area contributed by atoms with Crippen LogP contribution in [0, 0.1) is 11.8 Å². The fourth-order valence-corrected chi connectivity index (χ4v) is 9.28. The molecule has 0 spiro atoms. The molecule has 14 nitrogen and oxygen atoms in total. The van der Waals surface area contributed by atoms with Gasteiger partial charge in [-0.1, -0.05) is 13.8 Å². The van der Waals surface area contributed by atoms with Crippen LogP contribution in [0.25, 0.3) is 21.8 Å². The number of likely N-dealkylation sites (N-methyl/N-ethyl adjacent to an activating group) is 2. The van der Waals surface area contributed by atoms with E-state index >= 15 is 0 Å². The molecule has 0 aliphatic carbocycles.